The highest BCUT2D eigenvalue weighted by molar-refractivity contribution is 6.83. The molecule has 0 aliphatic heterocycles. The van der Waals surface area contributed by atoms with Crippen molar-refractivity contribution in [1.29, 1.82) is 0 Å². The van der Waals surface area contributed by atoms with Gasteiger partial charge in [-0.25, -0.2) is 0 Å². The van der Waals surface area contributed by atoms with Crippen molar-refractivity contribution in [3.8, 4) is 0 Å². The van der Waals surface area contributed by atoms with Gasteiger partial charge in [0.25, 0.3) is 0 Å². The summed E-state index contributed by atoms with van der Waals surface area (Å²) in [5.74, 6) is 0. The van der Waals surface area contributed by atoms with Crippen LogP contribution in [0.3, 0.4) is 0 Å². The van der Waals surface area contributed by atoms with Gasteiger partial charge in [-0.05, 0) is 39.3 Å². The van der Waals surface area contributed by atoms with Crippen LogP contribution in [0, 0.1) is 0 Å². The molecule has 0 aliphatic carbocycles. The summed E-state index contributed by atoms with van der Waals surface area (Å²) >= 11 is 0. The first kappa shape index (κ1) is 30.5. The first-order chi connectivity index (χ1) is 6.12. The molecule has 0 atom stereocenters. The second-order valence-electron chi connectivity index (χ2n) is 5.43. The fourth-order valence-corrected chi connectivity index (χ4v) is 8.56. The van der Waals surface area contributed by atoms with E-state index in [4.69, 9.17) is 4.12 Å². The maximum absolute atomic E-state index is 5.90. The first-order valence-corrected chi connectivity index (χ1v) is 12.5. The molecule has 0 N–H and O–H groups in total. The van der Waals surface area contributed by atoms with Crippen molar-refractivity contribution in [3.05, 3.63) is 0 Å². The molecule has 109 valence electrons. The van der Waals surface area contributed by atoms with Crippen LogP contribution < -0.4 is 0 Å². The molecule has 0 bridgehead atoms. The summed E-state index contributed by atoms with van der Waals surface area (Å²) in [6.07, 6.45) is 2.44. The summed E-state index contributed by atoms with van der Waals surface area (Å²) in [5.41, 5.74) is 0. The Morgan fingerprint density at radius 1 is 0.706 bits per heavy atom. The lowest BCUT2D eigenvalue weighted by Gasteiger charge is -2.27. The summed E-state index contributed by atoms with van der Waals surface area (Å²) in [6, 6.07) is 0. The van der Waals surface area contributed by atoms with Gasteiger partial charge >= 0.3 is 0 Å². The zero-order valence-electron chi connectivity index (χ0n) is 11.4. The van der Waals surface area contributed by atoms with Crippen molar-refractivity contribution in [1.82, 2.24) is 0 Å². The molecular formula is C13H40BOSi2. The van der Waals surface area contributed by atoms with Crippen molar-refractivity contribution in [2.75, 3.05) is 0 Å². The summed E-state index contributed by atoms with van der Waals surface area (Å²) < 4.78 is 5.90. The monoisotopic (exact) mass is 279 g/mol. The molecule has 17 heavy (non-hydrogen) atoms. The number of rotatable bonds is 4. The van der Waals surface area contributed by atoms with Crippen LogP contribution >= 0.6 is 0 Å². The van der Waals surface area contributed by atoms with Gasteiger partial charge in [0.15, 0.2) is 16.6 Å². The van der Waals surface area contributed by atoms with Crippen LogP contribution in [0.2, 0.25) is 51.9 Å². The Hall–Kier alpha value is 0.459. The van der Waals surface area contributed by atoms with Gasteiger partial charge in [0.2, 0.25) is 0 Å². The standard InChI is InChI=1S/C6H18OSi2.C4H10B.3CH4/c1-8(2,3)7-9(4,5)6;1-3-5-4-2;;;/h1-6H3;3-4H2,1-2H3;3*1H4. The molecule has 0 spiro atoms. The van der Waals surface area contributed by atoms with E-state index in [-0.39, 0.29) is 22.3 Å². The van der Waals surface area contributed by atoms with E-state index < -0.39 is 16.6 Å². The van der Waals surface area contributed by atoms with E-state index in [0.29, 0.717) is 0 Å². The maximum atomic E-state index is 5.90. The Balaban J connectivity index is -0.0000000533. The fraction of sp³-hybridized carbons (Fsp3) is 1.00. The van der Waals surface area contributed by atoms with E-state index in [1.807, 2.05) is 0 Å². The Bertz CT molecular complexity index is 114. The average Bonchev–Trinajstić information content (AvgIpc) is 1.81. The highest BCUT2D eigenvalue weighted by atomic mass is 28.4. The molecule has 0 unspecified atom stereocenters. The molecule has 0 aromatic carbocycles. The van der Waals surface area contributed by atoms with Gasteiger partial charge < -0.3 is 4.12 Å². The van der Waals surface area contributed by atoms with E-state index >= 15 is 0 Å². The third-order valence-corrected chi connectivity index (χ3v) is 6.09. The Morgan fingerprint density at radius 2 is 0.941 bits per heavy atom. The predicted molar refractivity (Wildman–Crippen MR) is 94.7 cm³/mol. The molecular weight excluding hydrogens is 239 g/mol. The summed E-state index contributed by atoms with van der Waals surface area (Å²) in [4.78, 5) is 0. The first-order valence-electron chi connectivity index (χ1n) is 5.64. The van der Waals surface area contributed by atoms with E-state index in [2.05, 4.69) is 60.4 Å². The highest BCUT2D eigenvalue weighted by Crippen LogP contribution is 2.12. The predicted octanol–water partition coefficient (Wildman–Crippen LogP) is 6.15. The van der Waals surface area contributed by atoms with Gasteiger partial charge in [0, 0.05) is 0 Å². The molecule has 0 saturated heterocycles. The van der Waals surface area contributed by atoms with Crippen molar-refractivity contribution in [2.24, 2.45) is 0 Å². The van der Waals surface area contributed by atoms with Gasteiger partial charge in [0.05, 0.1) is 0 Å². The number of hydrogen-bond donors (Lipinski definition) is 0. The van der Waals surface area contributed by atoms with E-state index in [1.54, 1.807) is 0 Å². The van der Waals surface area contributed by atoms with Gasteiger partial charge in [-0.3, -0.25) is 0 Å². The van der Waals surface area contributed by atoms with Crippen LogP contribution in [0.4, 0.5) is 0 Å². The van der Waals surface area contributed by atoms with Crippen molar-refractivity contribution in [3.63, 3.8) is 0 Å². The van der Waals surface area contributed by atoms with Gasteiger partial charge in [-0.15, -0.1) is 0 Å². The molecule has 0 rings (SSSR count). The lowest BCUT2D eigenvalue weighted by atomic mass is 9.73. The van der Waals surface area contributed by atoms with Crippen LogP contribution in [0.25, 0.3) is 0 Å². The SMILES string of the molecule is C.C.C.CC[B]CC.C[Si](C)(C)O[Si](C)(C)C. The topological polar surface area (TPSA) is 9.23 Å². The average molecular weight is 279 g/mol. The summed E-state index contributed by atoms with van der Waals surface area (Å²) in [7, 11) is -0.212. The molecule has 0 amide bonds. The minimum atomic E-state index is -1.23. The molecule has 0 fully saturated rings. The second-order valence-corrected chi connectivity index (χ2v) is 14.7. The highest BCUT2D eigenvalue weighted by Gasteiger charge is 2.24. The summed E-state index contributed by atoms with van der Waals surface area (Å²) in [6.45, 7) is 17.8. The van der Waals surface area contributed by atoms with Crippen LogP contribution in [-0.4, -0.2) is 23.9 Å². The van der Waals surface area contributed by atoms with E-state index in [9.17, 15) is 0 Å². The zero-order valence-corrected chi connectivity index (χ0v) is 13.4. The van der Waals surface area contributed by atoms with Gasteiger partial charge in [-0.1, -0.05) is 48.8 Å². The lowest BCUT2D eigenvalue weighted by Crippen LogP contribution is -2.39. The van der Waals surface area contributed by atoms with Gasteiger partial charge in [0.1, 0.15) is 7.28 Å². The number of hydrogen-bond acceptors (Lipinski definition) is 1. The zero-order chi connectivity index (χ0) is 11.8. The van der Waals surface area contributed by atoms with Crippen LogP contribution in [0.1, 0.15) is 36.1 Å². The molecule has 1 radical (unpaired) electrons. The quantitative estimate of drug-likeness (QED) is 0.561. The van der Waals surface area contributed by atoms with Gasteiger partial charge in [-0.2, -0.15) is 0 Å². The molecule has 1 nitrogen and oxygen atoms in total. The lowest BCUT2D eigenvalue weighted by molar-refractivity contribution is 0.559. The normalized spacial score (nSPS) is 9.65. The Kier molecular flexibility index (Phi) is 26.0. The van der Waals surface area contributed by atoms with E-state index in [0.717, 1.165) is 0 Å². The van der Waals surface area contributed by atoms with Crippen LogP contribution in [0.15, 0.2) is 0 Å². The molecule has 0 aliphatic rings. The van der Waals surface area contributed by atoms with Crippen LogP contribution in [-0.2, 0) is 4.12 Å². The Labute approximate surface area is 116 Å². The van der Waals surface area contributed by atoms with Crippen molar-refractivity contribution in [2.45, 2.75) is 88.0 Å². The van der Waals surface area contributed by atoms with Crippen LogP contribution in [0.5, 0.6) is 0 Å². The smallest absolute Gasteiger partial charge is 0.170 e. The minimum Gasteiger partial charge on any atom is -0.456 e. The minimum absolute atomic E-state index is 0. The van der Waals surface area contributed by atoms with Crippen molar-refractivity contribution < 1.29 is 4.12 Å². The van der Waals surface area contributed by atoms with Crippen molar-refractivity contribution >= 4 is 23.9 Å². The largest absolute Gasteiger partial charge is 0.456 e. The maximum Gasteiger partial charge on any atom is 0.170 e. The molecule has 0 aromatic rings. The second kappa shape index (κ2) is 14.5. The third-order valence-electron chi connectivity index (χ3n) is 1.19. The molecule has 0 aromatic heterocycles. The molecule has 0 saturated carbocycles. The fourth-order valence-electron chi connectivity index (χ4n) is 1.21. The molecule has 0 heterocycles. The van der Waals surface area contributed by atoms with E-state index in [1.165, 1.54) is 12.6 Å². The Morgan fingerprint density at radius 3 is 0.941 bits per heavy atom. The summed E-state index contributed by atoms with van der Waals surface area (Å²) in [5, 5.41) is 0. The third kappa shape index (κ3) is 48.1. The molecule has 4 heteroatoms.